The minimum Gasteiger partial charge on any atom is -0.382 e. The fourth-order valence-corrected chi connectivity index (χ4v) is 2.26. The highest BCUT2D eigenvalue weighted by Crippen LogP contribution is 2.22. The molecule has 1 aliphatic carbocycles. The number of rotatable bonds is 3. The van der Waals surface area contributed by atoms with Crippen LogP contribution in [0.3, 0.4) is 0 Å². The summed E-state index contributed by atoms with van der Waals surface area (Å²) in [6.45, 7) is 2.19. The van der Waals surface area contributed by atoms with Gasteiger partial charge < -0.3 is 11.1 Å². The first-order valence-electron chi connectivity index (χ1n) is 5.89. The van der Waals surface area contributed by atoms with E-state index >= 15 is 0 Å². The first-order chi connectivity index (χ1) is 7.28. The number of nitrogens with one attached hydrogen (secondary N) is 1. The number of benzene rings is 1. The zero-order valence-corrected chi connectivity index (χ0v) is 9.37. The molecule has 3 N–H and O–H groups in total. The second-order valence-corrected chi connectivity index (χ2v) is 4.47. The Kier molecular flexibility index (Phi) is 3.27. The SMILES string of the molecule is CCc1cccc(NC2CCC(N)C2)c1. The molecule has 82 valence electrons. The maximum Gasteiger partial charge on any atom is 0.0345 e. The number of anilines is 1. The fourth-order valence-electron chi connectivity index (χ4n) is 2.26. The molecule has 2 unspecified atom stereocenters. The first kappa shape index (κ1) is 10.5. The van der Waals surface area contributed by atoms with Crippen LogP contribution in [-0.2, 0) is 6.42 Å². The average molecular weight is 204 g/mol. The molecule has 0 aliphatic heterocycles. The quantitative estimate of drug-likeness (QED) is 0.794. The second-order valence-electron chi connectivity index (χ2n) is 4.47. The lowest BCUT2D eigenvalue weighted by atomic mass is 10.1. The highest BCUT2D eigenvalue weighted by atomic mass is 14.9. The third-order valence-electron chi connectivity index (χ3n) is 3.18. The highest BCUT2D eigenvalue weighted by molar-refractivity contribution is 5.46. The molecule has 2 rings (SSSR count). The molecule has 1 saturated carbocycles. The Morgan fingerprint density at radius 2 is 2.27 bits per heavy atom. The normalized spacial score (nSPS) is 25.5. The predicted molar refractivity (Wildman–Crippen MR) is 65.1 cm³/mol. The van der Waals surface area contributed by atoms with Gasteiger partial charge in [0.1, 0.15) is 0 Å². The average Bonchev–Trinajstić information content (AvgIpc) is 2.64. The van der Waals surface area contributed by atoms with Gasteiger partial charge >= 0.3 is 0 Å². The molecule has 0 aromatic heterocycles. The van der Waals surface area contributed by atoms with Crippen LogP contribution in [-0.4, -0.2) is 12.1 Å². The van der Waals surface area contributed by atoms with E-state index in [0.717, 1.165) is 19.3 Å². The summed E-state index contributed by atoms with van der Waals surface area (Å²) in [7, 11) is 0. The molecule has 0 radical (unpaired) electrons. The maximum absolute atomic E-state index is 5.89. The molecule has 1 fully saturated rings. The number of nitrogens with two attached hydrogens (primary N) is 1. The first-order valence-corrected chi connectivity index (χ1v) is 5.89. The molecule has 1 aliphatic rings. The number of hydrogen-bond acceptors (Lipinski definition) is 2. The third-order valence-corrected chi connectivity index (χ3v) is 3.18. The number of aryl methyl sites for hydroxylation is 1. The van der Waals surface area contributed by atoms with Gasteiger partial charge in [0.05, 0.1) is 0 Å². The van der Waals surface area contributed by atoms with Gasteiger partial charge in [0.2, 0.25) is 0 Å². The Labute approximate surface area is 91.9 Å². The standard InChI is InChI=1S/C13H20N2/c1-2-10-4-3-5-12(8-10)15-13-7-6-11(14)9-13/h3-5,8,11,13,15H,2,6-7,9,14H2,1H3. The van der Waals surface area contributed by atoms with E-state index < -0.39 is 0 Å². The molecule has 0 heterocycles. The van der Waals surface area contributed by atoms with Crippen LogP contribution in [0.2, 0.25) is 0 Å². The molecular formula is C13H20N2. The summed E-state index contributed by atoms with van der Waals surface area (Å²) in [6, 6.07) is 9.65. The van der Waals surface area contributed by atoms with Crippen molar-refractivity contribution in [3.8, 4) is 0 Å². The largest absolute Gasteiger partial charge is 0.382 e. The van der Waals surface area contributed by atoms with Crippen molar-refractivity contribution in [1.29, 1.82) is 0 Å². The fraction of sp³-hybridized carbons (Fsp3) is 0.538. The van der Waals surface area contributed by atoms with Gasteiger partial charge in [-0.3, -0.25) is 0 Å². The molecule has 2 heteroatoms. The van der Waals surface area contributed by atoms with Crippen LogP contribution in [0.15, 0.2) is 24.3 Å². The monoisotopic (exact) mass is 204 g/mol. The van der Waals surface area contributed by atoms with Crippen molar-refractivity contribution >= 4 is 5.69 Å². The van der Waals surface area contributed by atoms with Crippen LogP contribution < -0.4 is 11.1 Å². The molecule has 1 aromatic rings. The lowest BCUT2D eigenvalue weighted by Crippen LogP contribution is -2.20. The Morgan fingerprint density at radius 3 is 2.93 bits per heavy atom. The zero-order chi connectivity index (χ0) is 10.7. The molecule has 15 heavy (non-hydrogen) atoms. The Balaban J connectivity index is 1.98. The highest BCUT2D eigenvalue weighted by Gasteiger charge is 2.21. The van der Waals surface area contributed by atoms with E-state index in [0.29, 0.717) is 12.1 Å². The van der Waals surface area contributed by atoms with Crippen LogP contribution in [0.25, 0.3) is 0 Å². The van der Waals surface area contributed by atoms with E-state index in [1.165, 1.54) is 17.7 Å². The van der Waals surface area contributed by atoms with Gasteiger partial charge in [-0.2, -0.15) is 0 Å². The summed E-state index contributed by atoms with van der Waals surface area (Å²) in [5.41, 5.74) is 8.53. The lowest BCUT2D eigenvalue weighted by Gasteiger charge is -2.14. The topological polar surface area (TPSA) is 38.0 Å². The molecule has 2 nitrogen and oxygen atoms in total. The summed E-state index contributed by atoms with van der Waals surface area (Å²) < 4.78 is 0. The molecule has 1 aromatic carbocycles. The van der Waals surface area contributed by atoms with Gasteiger partial charge in [0.25, 0.3) is 0 Å². The van der Waals surface area contributed by atoms with Crippen molar-refractivity contribution in [3.63, 3.8) is 0 Å². The van der Waals surface area contributed by atoms with Crippen molar-refractivity contribution in [3.05, 3.63) is 29.8 Å². The van der Waals surface area contributed by atoms with E-state index in [4.69, 9.17) is 5.73 Å². The van der Waals surface area contributed by atoms with Crippen molar-refractivity contribution in [2.75, 3.05) is 5.32 Å². The molecule has 0 amide bonds. The Morgan fingerprint density at radius 1 is 1.40 bits per heavy atom. The Hall–Kier alpha value is -1.02. The van der Waals surface area contributed by atoms with E-state index in [1.807, 2.05) is 0 Å². The lowest BCUT2D eigenvalue weighted by molar-refractivity contribution is 0.688. The van der Waals surface area contributed by atoms with Crippen molar-refractivity contribution in [2.24, 2.45) is 5.73 Å². The van der Waals surface area contributed by atoms with Crippen molar-refractivity contribution in [1.82, 2.24) is 0 Å². The van der Waals surface area contributed by atoms with E-state index in [-0.39, 0.29) is 0 Å². The van der Waals surface area contributed by atoms with Gasteiger partial charge in [0.15, 0.2) is 0 Å². The van der Waals surface area contributed by atoms with Gasteiger partial charge in [-0.05, 0) is 43.4 Å². The van der Waals surface area contributed by atoms with Crippen LogP contribution in [0.5, 0.6) is 0 Å². The van der Waals surface area contributed by atoms with Crippen LogP contribution in [0.1, 0.15) is 31.7 Å². The minimum atomic E-state index is 0.400. The van der Waals surface area contributed by atoms with E-state index in [9.17, 15) is 0 Å². The summed E-state index contributed by atoms with van der Waals surface area (Å²) in [6.07, 6.45) is 4.57. The Bertz CT molecular complexity index is 322. The molecule has 0 spiro atoms. The van der Waals surface area contributed by atoms with E-state index in [1.54, 1.807) is 0 Å². The summed E-state index contributed by atoms with van der Waals surface area (Å²) in [5.74, 6) is 0. The van der Waals surface area contributed by atoms with E-state index in [2.05, 4.69) is 36.5 Å². The predicted octanol–water partition coefficient (Wildman–Crippen LogP) is 2.54. The smallest absolute Gasteiger partial charge is 0.0345 e. The number of hydrogen-bond donors (Lipinski definition) is 2. The summed E-state index contributed by atoms with van der Waals surface area (Å²) in [5, 5.41) is 3.57. The minimum absolute atomic E-state index is 0.400. The maximum atomic E-state index is 5.89. The van der Waals surface area contributed by atoms with Gasteiger partial charge in [-0.15, -0.1) is 0 Å². The molecular weight excluding hydrogens is 184 g/mol. The van der Waals surface area contributed by atoms with Crippen molar-refractivity contribution in [2.45, 2.75) is 44.7 Å². The molecule has 2 atom stereocenters. The van der Waals surface area contributed by atoms with Gasteiger partial charge in [0, 0.05) is 17.8 Å². The third kappa shape index (κ3) is 2.72. The van der Waals surface area contributed by atoms with Crippen molar-refractivity contribution < 1.29 is 0 Å². The second kappa shape index (κ2) is 4.67. The van der Waals surface area contributed by atoms with Crippen LogP contribution in [0.4, 0.5) is 5.69 Å². The molecule has 0 bridgehead atoms. The zero-order valence-electron chi connectivity index (χ0n) is 9.37. The van der Waals surface area contributed by atoms with Crippen LogP contribution >= 0.6 is 0 Å². The summed E-state index contributed by atoms with van der Waals surface area (Å²) in [4.78, 5) is 0. The van der Waals surface area contributed by atoms with Gasteiger partial charge in [-0.25, -0.2) is 0 Å². The van der Waals surface area contributed by atoms with Crippen LogP contribution in [0, 0.1) is 0 Å². The van der Waals surface area contributed by atoms with Gasteiger partial charge in [-0.1, -0.05) is 19.1 Å². The summed E-state index contributed by atoms with van der Waals surface area (Å²) >= 11 is 0. The molecule has 0 saturated heterocycles.